The first-order chi connectivity index (χ1) is 13.0. The van der Waals surface area contributed by atoms with Crippen molar-refractivity contribution < 1.29 is 4.74 Å². The Morgan fingerprint density at radius 2 is 2.11 bits per heavy atom. The van der Waals surface area contributed by atoms with Gasteiger partial charge in [0.15, 0.2) is 0 Å². The predicted molar refractivity (Wildman–Crippen MR) is 112 cm³/mol. The van der Waals surface area contributed by atoms with E-state index in [-0.39, 0.29) is 11.0 Å². The topological polar surface area (TPSA) is 25.4 Å². The molecule has 2 fully saturated rings. The van der Waals surface area contributed by atoms with Gasteiger partial charge >= 0.3 is 0 Å². The molecule has 2 saturated heterocycles. The van der Waals surface area contributed by atoms with Crippen LogP contribution in [0.3, 0.4) is 0 Å². The van der Waals surface area contributed by atoms with Crippen LogP contribution in [0.4, 0.5) is 0 Å². The molecule has 1 aromatic heterocycles. The molecule has 0 saturated carbocycles. The molecule has 3 heterocycles. The van der Waals surface area contributed by atoms with Gasteiger partial charge in [0.2, 0.25) is 0 Å². The number of benzene rings is 1. The van der Waals surface area contributed by atoms with Crippen molar-refractivity contribution in [3.8, 4) is 0 Å². The van der Waals surface area contributed by atoms with E-state index < -0.39 is 0 Å². The summed E-state index contributed by atoms with van der Waals surface area (Å²) in [6, 6.07) is 10.9. The third kappa shape index (κ3) is 3.85. The second kappa shape index (κ2) is 7.65. The minimum absolute atomic E-state index is 0.0160. The molecule has 2 aromatic rings. The van der Waals surface area contributed by atoms with Gasteiger partial charge in [-0.05, 0) is 65.0 Å². The molecular weight excluding hydrogens is 352 g/mol. The van der Waals surface area contributed by atoms with Gasteiger partial charge in [0.05, 0.1) is 22.3 Å². The molecule has 27 heavy (non-hydrogen) atoms. The van der Waals surface area contributed by atoms with Gasteiger partial charge in [-0.3, -0.25) is 4.90 Å². The molecule has 4 heteroatoms. The fourth-order valence-corrected chi connectivity index (χ4v) is 5.68. The molecular formula is C23H32N2OS. The molecule has 4 rings (SSSR count). The number of rotatable bonds is 6. The Bertz CT molecular complexity index is 751. The van der Waals surface area contributed by atoms with E-state index in [2.05, 4.69) is 61.4 Å². The lowest BCUT2D eigenvalue weighted by atomic mass is 9.75. The van der Waals surface area contributed by atoms with Crippen molar-refractivity contribution >= 4 is 11.3 Å². The summed E-state index contributed by atoms with van der Waals surface area (Å²) in [5.74, 6) is 0. The molecule has 3 nitrogen and oxygen atoms in total. The van der Waals surface area contributed by atoms with Gasteiger partial charge in [-0.1, -0.05) is 30.3 Å². The number of aromatic nitrogens is 1. The highest BCUT2D eigenvalue weighted by molar-refractivity contribution is 7.09. The molecule has 2 unspecified atom stereocenters. The summed E-state index contributed by atoms with van der Waals surface area (Å²) >= 11 is 1.76. The Labute approximate surface area is 167 Å². The van der Waals surface area contributed by atoms with Crippen LogP contribution in [0.15, 0.2) is 35.7 Å². The summed E-state index contributed by atoms with van der Waals surface area (Å²) in [5, 5.41) is 3.40. The maximum absolute atomic E-state index is 6.26. The number of aryl methyl sites for hydroxylation is 2. The van der Waals surface area contributed by atoms with Crippen LogP contribution in [0.2, 0.25) is 0 Å². The lowest BCUT2D eigenvalue weighted by Gasteiger charge is -2.39. The van der Waals surface area contributed by atoms with E-state index >= 15 is 0 Å². The second-order valence-electron chi connectivity index (χ2n) is 8.83. The first kappa shape index (κ1) is 19.1. The fourth-order valence-electron chi connectivity index (χ4n) is 4.91. The van der Waals surface area contributed by atoms with Crippen LogP contribution < -0.4 is 0 Å². The molecule has 0 N–H and O–H groups in total. The standard InChI is InChI=1S/C23H32N2OS/c1-18-24-20(16-27-18)22(2,3)25-14-13-23(17-25,21-10-7-15-26-21)12-11-19-8-5-4-6-9-19/h4-6,8-9,16,21H,7,10-15,17H2,1-3H3. The molecule has 2 aliphatic heterocycles. The van der Waals surface area contributed by atoms with Crippen LogP contribution in [0.25, 0.3) is 0 Å². The number of thiazole rings is 1. The molecule has 1 aromatic carbocycles. The third-order valence-electron chi connectivity index (χ3n) is 6.79. The summed E-state index contributed by atoms with van der Waals surface area (Å²) in [7, 11) is 0. The molecule has 0 aliphatic carbocycles. The molecule has 146 valence electrons. The minimum Gasteiger partial charge on any atom is -0.378 e. The fraction of sp³-hybridized carbons (Fsp3) is 0.609. The van der Waals surface area contributed by atoms with E-state index in [1.165, 1.54) is 36.9 Å². The summed E-state index contributed by atoms with van der Waals surface area (Å²) in [6.45, 7) is 9.97. The normalized spacial score (nSPS) is 26.7. The highest BCUT2D eigenvalue weighted by Gasteiger charge is 2.49. The number of ether oxygens (including phenoxy) is 1. The van der Waals surface area contributed by atoms with E-state index in [1.807, 2.05) is 0 Å². The summed E-state index contributed by atoms with van der Waals surface area (Å²) in [5.41, 5.74) is 2.92. The van der Waals surface area contributed by atoms with Crippen molar-refractivity contribution in [2.45, 2.75) is 64.5 Å². The van der Waals surface area contributed by atoms with Gasteiger partial charge in [0.25, 0.3) is 0 Å². The summed E-state index contributed by atoms with van der Waals surface area (Å²) in [6.07, 6.45) is 6.44. The second-order valence-corrected chi connectivity index (χ2v) is 9.89. The van der Waals surface area contributed by atoms with Crippen LogP contribution in [0.1, 0.15) is 55.8 Å². The molecule has 0 amide bonds. The van der Waals surface area contributed by atoms with E-state index in [4.69, 9.17) is 9.72 Å². The van der Waals surface area contributed by atoms with Gasteiger partial charge in [-0.25, -0.2) is 4.98 Å². The monoisotopic (exact) mass is 384 g/mol. The first-order valence-electron chi connectivity index (χ1n) is 10.3. The Kier molecular flexibility index (Phi) is 5.41. The van der Waals surface area contributed by atoms with Crippen LogP contribution in [0, 0.1) is 12.3 Å². The SMILES string of the molecule is Cc1nc(C(C)(C)N2CCC(CCc3ccccc3)(C3CCCO3)C2)cs1. The third-order valence-corrected chi connectivity index (χ3v) is 7.56. The smallest absolute Gasteiger partial charge is 0.0898 e. The van der Waals surface area contributed by atoms with Crippen molar-refractivity contribution in [3.05, 3.63) is 52.0 Å². The quantitative estimate of drug-likeness (QED) is 0.685. The van der Waals surface area contributed by atoms with Gasteiger partial charge < -0.3 is 4.74 Å². The van der Waals surface area contributed by atoms with Gasteiger partial charge in [0, 0.05) is 23.9 Å². The number of hydrogen-bond donors (Lipinski definition) is 0. The van der Waals surface area contributed by atoms with Gasteiger partial charge in [0.1, 0.15) is 0 Å². The Morgan fingerprint density at radius 3 is 2.78 bits per heavy atom. The van der Waals surface area contributed by atoms with E-state index in [9.17, 15) is 0 Å². The van der Waals surface area contributed by atoms with Crippen LogP contribution in [-0.2, 0) is 16.7 Å². The number of hydrogen-bond acceptors (Lipinski definition) is 4. The zero-order chi connectivity index (χ0) is 18.9. The Balaban J connectivity index is 1.53. The zero-order valence-corrected chi connectivity index (χ0v) is 17.7. The van der Waals surface area contributed by atoms with Crippen LogP contribution >= 0.6 is 11.3 Å². The number of nitrogens with zero attached hydrogens (tertiary/aromatic N) is 2. The highest BCUT2D eigenvalue weighted by Crippen LogP contribution is 2.47. The lowest BCUT2D eigenvalue weighted by Crippen LogP contribution is -2.44. The van der Waals surface area contributed by atoms with Crippen LogP contribution in [0.5, 0.6) is 0 Å². The van der Waals surface area contributed by atoms with Crippen molar-refractivity contribution in [1.29, 1.82) is 0 Å². The minimum atomic E-state index is -0.0160. The number of likely N-dealkylation sites (tertiary alicyclic amines) is 1. The van der Waals surface area contributed by atoms with Crippen molar-refractivity contribution in [2.75, 3.05) is 19.7 Å². The maximum Gasteiger partial charge on any atom is 0.0898 e. The van der Waals surface area contributed by atoms with Crippen molar-refractivity contribution in [3.63, 3.8) is 0 Å². The molecule has 0 radical (unpaired) electrons. The lowest BCUT2D eigenvalue weighted by molar-refractivity contribution is -0.00856. The Morgan fingerprint density at radius 1 is 1.30 bits per heavy atom. The maximum atomic E-state index is 6.26. The average molecular weight is 385 g/mol. The first-order valence-corrected chi connectivity index (χ1v) is 11.2. The summed E-state index contributed by atoms with van der Waals surface area (Å²) < 4.78 is 6.26. The van der Waals surface area contributed by atoms with Gasteiger partial charge in [-0.15, -0.1) is 11.3 Å². The van der Waals surface area contributed by atoms with E-state index in [0.717, 1.165) is 31.1 Å². The molecule has 0 spiro atoms. The summed E-state index contributed by atoms with van der Waals surface area (Å²) in [4.78, 5) is 7.47. The van der Waals surface area contributed by atoms with Crippen LogP contribution in [-0.4, -0.2) is 35.7 Å². The Hall–Kier alpha value is -1.23. The zero-order valence-electron chi connectivity index (χ0n) is 16.9. The highest BCUT2D eigenvalue weighted by atomic mass is 32.1. The largest absolute Gasteiger partial charge is 0.378 e. The van der Waals surface area contributed by atoms with E-state index in [1.54, 1.807) is 11.3 Å². The average Bonchev–Trinajstić information content (AvgIpc) is 3.42. The predicted octanol–water partition coefficient (Wildman–Crippen LogP) is 5.19. The van der Waals surface area contributed by atoms with E-state index in [0.29, 0.717) is 6.10 Å². The molecule has 0 bridgehead atoms. The van der Waals surface area contributed by atoms with Crippen molar-refractivity contribution in [2.24, 2.45) is 5.41 Å². The van der Waals surface area contributed by atoms with Gasteiger partial charge in [-0.2, -0.15) is 0 Å². The molecule has 2 aliphatic rings. The van der Waals surface area contributed by atoms with Crippen molar-refractivity contribution in [1.82, 2.24) is 9.88 Å². The molecule has 2 atom stereocenters.